The van der Waals surface area contributed by atoms with E-state index in [0.717, 1.165) is 16.0 Å². The normalized spacial score (nSPS) is 10.5. The molecule has 0 aliphatic rings. The van der Waals surface area contributed by atoms with E-state index in [2.05, 4.69) is 0 Å². The number of hydrogen-bond donors (Lipinski definition) is 0. The molecule has 0 radical (unpaired) electrons. The average molecular weight is 303 g/mol. The van der Waals surface area contributed by atoms with Gasteiger partial charge in [0.2, 0.25) is 0 Å². The second kappa shape index (κ2) is 6.51. The van der Waals surface area contributed by atoms with Gasteiger partial charge in [0.05, 0.1) is 17.9 Å². The maximum absolute atomic E-state index is 12.2. The smallest absolute Gasteiger partial charge is 0.330 e. The fourth-order valence-corrected chi connectivity index (χ4v) is 2.38. The van der Waals surface area contributed by atoms with Gasteiger partial charge in [0.1, 0.15) is 5.75 Å². The number of rotatable bonds is 5. The topological polar surface area (TPSA) is 56.5 Å². The van der Waals surface area contributed by atoms with E-state index in [4.69, 9.17) is 4.74 Å². The molecule has 1 heterocycles. The van der Waals surface area contributed by atoms with Crippen molar-refractivity contribution < 1.29 is 4.74 Å². The van der Waals surface area contributed by atoms with Crippen molar-refractivity contribution in [1.29, 1.82) is 0 Å². The molecule has 1 aromatic heterocycles. The Labute approximate surface area is 129 Å². The highest BCUT2D eigenvalue weighted by Crippen LogP contribution is 2.27. The molecule has 0 spiro atoms. The van der Waals surface area contributed by atoms with E-state index in [1.165, 1.54) is 11.6 Å². The van der Waals surface area contributed by atoms with Gasteiger partial charge in [0.25, 0.3) is 5.56 Å². The van der Waals surface area contributed by atoms with Crippen LogP contribution in [-0.4, -0.2) is 22.8 Å². The molecule has 2 aromatic rings. The minimum Gasteiger partial charge on any atom is -0.492 e. The van der Waals surface area contributed by atoms with Crippen molar-refractivity contribution in [2.45, 2.75) is 13.5 Å². The SMILES string of the molecule is CCOc1ccccc1N(C)Cc1cn(C)c(=O)n(C)c1=O. The Kier molecular flexibility index (Phi) is 4.70. The molecule has 6 nitrogen and oxygen atoms in total. The standard InChI is InChI=1S/C16H21N3O3/c1-5-22-14-9-7-6-8-13(14)17(2)10-12-11-18(3)16(21)19(4)15(12)20/h6-9,11H,5,10H2,1-4H3. The second-order valence-corrected chi connectivity index (χ2v) is 5.17. The van der Waals surface area contributed by atoms with Crippen LogP contribution in [-0.2, 0) is 20.6 Å². The van der Waals surface area contributed by atoms with Crippen molar-refractivity contribution in [2.75, 3.05) is 18.6 Å². The molecule has 0 atom stereocenters. The highest BCUT2D eigenvalue weighted by atomic mass is 16.5. The Bertz CT molecular complexity index is 777. The first kappa shape index (κ1) is 15.9. The Balaban J connectivity index is 2.36. The zero-order chi connectivity index (χ0) is 16.3. The number of para-hydroxylation sites is 2. The quantitative estimate of drug-likeness (QED) is 0.830. The maximum atomic E-state index is 12.2. The Morgan fingerprint density at radius 2 is 1.86 bits per heavy atom. The van der Waals surface area contributed by atoms with Gasteiger partial charge in [-0.05, 0) is 19.1 Å². The van der Waals surface area contributed by atoms with E-state index in [1.807, 2.05) is 43.1 Å². The van der Waals surface area contributed by atoms with Crippen LogP contribution < -0.4 is 20.9 Å². The van der Waals surface area contributed by atoms with E-state index in [0.29, 0.717) is 18.7 Å². The minimum absolute atomic E-state index is 0.274. The molecule has 0 amide bonds. The molecule has 118 valence electrons. The van der Waals surface area contributed by atoms with Crippen molar-refractivity contribution in [3.63, 3.8) is 0 Å². The average Bonchev–Trinajstić information content (AvgIpc) is 2.51. The van der Waals surface area contributed by atoms with Gasteiger partial charge in [-0.2, -0.15) is 0 Å². The number of anilines is 1. The van der Waals surface area contributed by atoms with Crippen LogP contribution in [0.2, 0.25) is 0 Å². The number of nitrogens with zero attached hydrogens (tertiary/aromatic N) is 3. The lowest BCUT2D eigenvalue weighted by Gasteiger charge is -2.22. The molecule has 6 heteroatoms. The molecule has 0 saturated heterocycles. The predicted molar refractivity (Wildman–Crippen MR) is 86.6 cm³/mol. The monoisotopic (exact) mass is 303 g/mol. The number of ether oxygens (including phenoxy) is 1. The summed E-state index contributed by atoms with van der Waals surface area (Å²) < 4.78 is 8.15. The lowest BCUT2D eigenvalue weighted by Crippen LogP contribution is -2.39. The molecule has 0 bridgehead atoms. The third-order valence-corrected chi connectivity index (χ3v) is 3.50. The summed E-state index contributed by atoms with van der Waals surface area (Å²) in [5, 5.41) is 0. The lowest BCUT2D eigenvalue weighted by atomic mass is 10.2. The van der Waals surface area contributed by atoms with Crippen LogP contribution in [0.1, 0.15) is 12.5 Å². The highest BCUT2D eigenvalue weighted by molar-refractivity contribution is 5.58. The Morgan fingerprint density at radius 3 is 2.55 bits per heavy atom. The van der Waals surface area contributed by atoms with Crippen molar-refractivity contribution in [2.24, 2.45) is 14.1 Å². The summed E-state index contributed by atoms with van der Waals surface area (Å²) in [5.74, 6) is 0.772. The van der Waals surface area contributed by atoms with E-state index < -0.39 is 0 Å². The molecule has 0 N–H and O–H groups in total. The number of aromatic nitrogens is 2. The van der Waals surface area contributed by atoms with Gasteiger partial charge in [0, 0.05) is 33.9 Å². The predicted octanol–water partition coefficient (Wildman–Crippen LogP) is 1.12. The summed E-state index contributed by atoms with van der Waals surface area (Å²) in [7, 11) is 5.02. The minimum atomic E-state index is -0.328. The Hall–Kier alpha value is -2.50. The van der Waals surface area contributed by atoms with Gasteiger partial charge < -0.3 is 14.2 Å². The van der Waals surface area contributed by atoms with Crippen LogP contribution in [0.25, 0.3) is 0 Å². The van der Waals surface area contributed by atoms with Gasteiger partial charge in [-0.25, -0.2) is 4.79 Å². The van der Waals surface area contributed by atoms with Gasteiger partial charge in [-0.3, -0.25) is 9.36 Å². The number of hydrogen-bond acceptors (Lipinski definition) is 4. The third kappa shape index (κ3) is 3.05. The van der Waals surface area contributed by atoms with Crippen LogP contribution in [0.3, 0.4) is 0 Å². The molecular formula is C16H21N3O3. The van der Waals surface area contributed by atoms with Crippen LogP contribution in [0.5, 0.6) is 5.75 Å². The van der Waals surface area contributed by atoms with E-state index in [9.17, 15) is 9.59 Å². The third-order valence-electron chi connectivity index (χ3n) is 3.50. The fraction of sp³-hybridized carbons (Fsp3) is 0.375. The van der Waals surface area contributed by atoms with E-state index in [1.54, 1.807) is 13.2 Å². The molecule has 1 aromatic carbocycles. The molecule has 2 rings (SSSR count). The largest absolute Gasteiger partial charge is 0.492 e. The van der Waals surface area contributed by atoms with E-state index in [-0.39, 0.29) is 11.2 Å². The fourth-order valence-electron chi connectivity index (χ4n) is 2.38. The number of benzene rings is 1. The summed E-state index contributed by atoms with van der Waals surface area (Å²) in [6, 6.07) is 7.67. The van der Waals surface area contributed by atoms with E-state index >= 15 is 0 Å². The van der Waals surface area contributed by atoms with Gasteiger partial charge in [-0.15, -0.1) is 0 Å². The van der Waals surface area contributed by atoms with Crippen molar-refractivity contribution in [3.05, 3.63) is 56.9 Å². The summed E-state index contributed by atoms with van der Waals surface area (Å²) in [4.78, 5) is 25.9. The summed E-state index contributed by atoms with van der Waals surface area (Å²) in [6.07, 6.45) is 1.59. The van der Waals surface area contributed by atoms with Gasteiger partial charge in [-0.1, -0.05) is 12.1 Å². The first-order chi connectivity index (χ1) is 10.5. The van der Waals surface area contributed by atoms with Crippen LogP contribution in [0.4, 0.5) is 5.69 Å². The maximum Gasteiger partial charge on any atom is 0.330 e. The molecule has 0 unspecified atom stereocenters. The zero-order valence-corrected chi connectivity index (χ0v) is 13.4. The summed E-state index contributed by atoms with van der Waals surface area (Å²) in [6.45, 7) is 2.90. The molecule has 0 aliphatic heterocycles. The highest BCUT2D eigenvalue weighted by Gasteiger charge is 2.12. The molecule has 0 fully saturated rings. The first-order valence-electron chi connectivity index (χ1n) is 7.14. The summed E-state index contributed by atoms with van der Waals surface area (Å²) >= 11 is 0. The lowest BCUT2D eigenvalue weighted by molar-refractivity contribution is 0.340. The zero-order valence-electron chi connectivity index (χ0n) is 13.4. The summed E-state index contributed by atoms with van der Waals surface area (Å²) in [5.41, 5.74) is 0.855. The van der Waals surface area contributed by atoms with Crippen molar-refractivity contribution >= 4 is 5.69 Å². The van der Waals surface area contributed by atoms with Gasteiger partial charge in [0.15, 0.2) is 0 Å². The van der Waals surface area contributed by atoms with Crippen LogP contribution in [0, 0.1) is 0 Å². The van der Waals surface area contributed by atoms with Crippen LogP contribution in [0.15, 0.2) is 40.1 Å². The molecular weight excluding hydrogens is 282 g/mol. The van der Waals surface area contributed by atoms with Crippen molar-refractivity contribution in [1.82, 2.24) is 9.13 Å². The molecule has 0 aliphatic carbocycles. The Morgan fingerprint density at radius 1 is 1.18 bits per heavy atom. The molecule has 22 heavy (non-hydrogen) atoms. The van der Waals surface area contributed by atoms with Gasteiger partial charge >= 0.3 is 5.69 Å². The second-order valence-electron chi connectivity index (χ2n) is 5.17. The number of aryl methyl sites for hydroxylation is 1. The molecule has 0 saturated carbocycles. The first-order valence-corrected chi connectivity index (χ1v) is 7.14. The van der Waals surface area contributed by atoms with Crippen molar-refractivity contribution in [3.8, 4) is 5.75 Å². The van der Waals surface area contributed by atoms with Crippen LogP contribution >= 0.6 is 0 Å².